The van der Waals surface area contributed by atoms with Crippen molar-refractivity contribution in [3.05, 3.63) is 34.8 Å². The molecule has 0 radical (unpaired) electrons. The molecule has 0 amide bonds. The van der Waals surface area contributed by atoms with Gasteiger partial charge in [0.1, 0.15) is 0 Å². The third kappa shape index (κ3) is 2.64. The minimum Gasteiger partial charge on any atom is -0.255 e. The van der Waals surface area contributed by atoms with Gasteiger partial charge in [-0.1, -0.05) is 19.9 Å². The molecule has 2 heterocycles. The number of rotatable bonds is 1. The first-order valence-corrected chi connectivity index (χ1v) is 5.58. The van der Waals surface area contributed by atoms with Crippen LogP contribution in [0, 0.1) is 6.92 Å². The zero-order chi connectivity index (χ0) is 10.4. The molecule has 2 rings (SSSR count). The van der Waals surface area contributed by atoms with Crippen LogP contribution < -0.4 is 0 Å². The highest BCUT2D eigenvalue weighted by molar-refractivity contribution is 7.09. The molecule has 0 saturated carbocycles. The van der Waals surface area contributed by atoms with Crippen molar-refractivity contribution in [1.29, 1.82) is 0 Å². The van der Waals surface area contributed by atoms with Gasteiger partial charge in [0.05, 0.1) is 16.4 Å². The summed E-state index contributed by atoms with van der Waals surface area (Å²) >= 11 is 1.65. The molecule has 0 aliphatic rings. The Hall–Kier alpha value is -1.22. The van der Waals surface area contributed by atoms with Gasteiger partial charge in [0.25, 0.3) is 0 Å². The summed E-state index contributed by atoms with van der Waals surface area (Å²) in [5, 5.41) is 3.10. The van der Waals surface area contributed by atoms with Crippen molar-refractivity contribution in [3.63, 3.8) is 0 Å². The lowest BCUT2D eigenvalue weighted by Gasteiger charge is -1.91. The van der Waals surface area contributed by atoms with Gasteiger partial charge in [-0.25, -0.2) is 4.98 Å². The van der Waals surface area contributed by atoms with Gasteiger partial charge in [-0.05, 0) is 19.1 Å². The van der Waals surface area contributed by atoms with Crippen LogP contribution in [0.5, 0.6) is 0 Å². The molecule has 14 heavy (non-hydrogen) atoms. The number of hydrogen-bond acceptors (Lipinski definition) is 3. The Balaban J connectivity index is 0.000000461. The quantitative estimate of drug-likeness (QED) is 0.713. The fourth-order valence-corrected chi connectivity index (χ4v) is 1.60. The highest BCUT2D eigenvalue weighted by atomic mass is 32.1. The molecule has 2 nitrogen and oxygen atoms in total. The van der Waals surface area contributed by atoms with E-state index in [-0.39, 0.29) is 0 Å². The van der Waals surface area contributed by atoms with E-state index in [0.717, 1.165) is 16.4 Å². The maximum absolute atomic E-state index is 4.34. The molecule has 0 spiro atoms. The first-order chi connectivity index (χ1) is 6.86. The second-order valence-electron chi connectivity index (χ2n) is 2.47. The largest absolute Gasteiger partial charge is 0.255 e. The van der Waals surface area contributed by atoms with E-state index in [1.54, 1.807) is 17.5 Å². The Kier molecular flexibility index (Phi) is 4.26. The van der Waals surface area contributed by atoms with E-state index in [1.807, 2.05) is 44.4 Å². The number of aryl methyl sites for hydroxylation is 1. The Morgan fingerprint density at radius 2 is 1.93 bits per heavy atom. The standard InChI is InChI=1S/C9H8N2S.C2H6/c1-7-11-9(6-12-7)8-4-2-3-5-10-8;1-2/h2-6H,1H3;1-2H3. The Morgan fingerprint density at radius 1 is 1.14 bits per heavy atom. The molecule has 0 fully saturated rings. The number of thiazole rings is 1. The van der Waals surface area contributed by atoms with Crippen molar-refractivity contribution in [2.24, 2.45) is 0 Å². The van der Waals surface area contributed by atoms with E-state index in [1.165, 1.54) is 0 Å². The first-order valence-electron chi connectivity index (χ1n) is 4.70. The van der Waals surface area contributed by atoms with Crippen LogP contribution in [0.3, 0.4) is 0 Å². The zero-order valence-corrected chi connectivity index (χ0v) is 9.51. The molecule has 3 heteroatoms. The van der Waals surface area contributed by atoms with E-state index < -0.39 is 0 Å². The average molecular weight is 206 g/mol. The first kappa shape index (κ1) is 10.9. The summed E-state index contributed by atoms with van der Waals surface area (Å²) in [5.41, 5.74) is 1.92. The molecular formula is C11H14N2S. The molecule has 0 N–H and O–H groups in total. The Bertz CT molecular complexity index is 368. The predicted molar refractivity (Wildman–Crippen MR) is 61.4 cm³/mol. The van der Waals surface area contributed by atoms with Crippen molar-refractivity contribution in [2.45, 2.75) is 20.8 Å². The van der Waals surface area contributed by atoms with Gasteiger partial charge >= 0.3 is 0 Å². The van der Waals surface area contributed by atoms with Crippen LogP contribution in [0.15, 0.2) is 29.8 Å². The monoisotopic (exact) mass is 206 g/mol. The SMILES string of the molecule is CC.Cc1nc(-c2ccccn2)cs1. The molecule has 0 aliphatic carbocycles. The Labute approximate surface area is 88.7 Å². The van der Waals surface area contributed by atoms with Crippen LogP contribution in [0.2, 0.25) is 0 Å². The van der Waals surface area contributed by atoms with Gasteiger partial charge in [-0.3, -0.25) is 4.98 Å². The summed E-state index contributed by atoms with van der Waals surface area (Å²) in [6.45, 7) is 6.00. The number of nitrogens with zero attached hydrogens (tertiary/aromatic N) is 2. The van der Waals surface area contributed by atoms with E-state index in [4.69, 9.17) is 0 Å². The minimum absolute atomic E-state index is 0.946. The fourth-order valence-electron chi connectivity index (χ4n) is 0.995. The second-order valence-corrected chi connectivity index (χ2v) is 3.53. The van der Waals surface area contributed by atoms with Crippen molar-refractivity contribution in [3.8, 4) is 11.4 Å². The zero-order valence-electron chi connectivity index (χ0n) is 8.69. The van der Waals surface area contributed by atoms with Crippen LogP contribution >= 0.6 is 11.3 Å². The van der Waals surface area contributed by atoms with Crippen LogP contribution in [-0.2, 0) is 0 Å². The van der Waals surface area contributed by atoms with E-state index in [0.29, 0.717) is 0 Å². The van der Waals surface area contributed by atoms with Gasteiger partial charge in [0.15, 0.2) is 0 Å². The number of hydrogen-bond donors (Lipinski definition) is 0. The van der Waals surface area contributed by atoms with Crippen LogP contribution in [-0.4, -0.2) is 9.97 Å². The molecule has 2 aromatic rings. The van der Waals surface area contributed by atoms with Crippen LogP contribution in [0.25, 0.3) is 11.4 Å². The molecule has 0 aliphatic heterocycles. The van der Waals surface area contributed by atoms with Gasteiger partial charge < -0.3 is 0 Å². The smallest absolute Gasteiger partial charge is 0.0998 e. The molecule has 0 aromatic carbocycles. The van der Waals surface area contributed by atoms with Crippen LogP contribution in [0.1, 0.15) is 18.9 Å². The van der Waals surface area contributed by atoms with E-state index in [9.17, 15) is 0 Å². The highest BCUT2D eigenvalue weighted by Gasteiger charge is 2.00. The predicted octanol–water partition coefficient (Wildman–Crippen LogP) is 3.54. The lowest BCUT2D eigenvalue weighted by atomic mass is 10.3. The topological polar surface area (TPSA) is 25.8 Å². The summed E-state index contributed by atoms with van der Waals surface area (Å²) in [6, 6.07) is 5.84. The molecule has 2 aromatic heterocycles. The third-order valence-electron chi connectivity index (χ3n) is 1.55. The summed E-state index contributed by atoms with van der Waals surface area (Å²) in [4.78, 5) is 8.54. The van der Waals surface area contributed by atoms with E-state index >= 15 is 0 Å². The summed E-state index contributed by atoms with van der Waals surface area (Å²) < 4.78 is 0. The lowest BCUT2D eigenvalue weighted by Crippen LogP contribution is -1.80. The van der Waals surface area contributed by atoms with Gasteiger partial charge in [0.2, 0.25) is 0 Å². The fraction of sp³-hybridized carbons (Fsp3) is 0.273. The molecule has 0 saturated heterocycles. The van der Waals surface area contributed by atoms with Crippen molar-refractivity contribution < 1.29 is 0 Å². The molecule has 74 valence electrons. The summed E-state index contributed by atoms with van der Waals surface area (Å²) in [7, 11) is 0. The highest BCUT2D eigenvalue weighted by Crippen LogP contribution is 2.18. The molecule has 0 atom stereocenters. The molecule has 0 bridgehead atoms. The van der Waals surface area contributed by atoms with Crippen molar-refractivity contribution in [1.82, 2.24) is 9.97 Å². The van der Waals surface area contributed by atoms with Gasteiger partial charge in [-0.15, -0.1) is 11.3 Å². The maximum Gasteiger partial charge on any atom is 0.0998 e. The minimum atomic E-state index is 0.946. The van der Waals surface area contributed by atoms with Crippen LogP contribution in [0.4, 0.5) is 0 Å². The maximum atomic E-state index is 4.34. The second kappa shape index (κ2) is 5.50. The van der Waals surface area contributed by atoms with E-state index in [2.05, 4.69) is 9.97 Å². The number of aromatic nitrogens is 2. The Morgan fingerprint density at radius 3 is 2.43 bits per heavy atom. The third-order valence-corrected chi connectivity index (χ3v) is 2.32. The summed E-state index contributed by atoms with van der Waals surface area (Å²) in [6.07, 6.45) is 1.78. The lowest BCUT2D eigenvalue weighted by molar-refractivity contribution is 1.24. The number of pyridine rings is 1. The molecular weight excluding hydrogens is 192 g/mol. The van der Waals surface area contributed by atoms with Gasteiger partial charge in [-0.2, -0.15) is 0 Å². The average Bonchev–Trinajstić information content (AvgIpc) is 2.69. The molecule has 0 unspecified atom stereocenters. The van der Waals surface area contributed by atoms with Crippen molar-refractivity contribution >= 4 is 11.3 Å². The van der Waals surface area contributed by atoms with Gasteiger partial charge in [0, 0.05) is 11.6 Å². The normalized spacial score (nSPS) is 9.07. The summed E-state index contributed by atoms with van der Waals surface area (Å²) in [5.74, 6) is 0. The van der Waals surface area contributed by atoms with Crippen molar-refractivity contribution in [2.75, 3.05) is 0 Å².